The third-order valence-corrected chi connectivity index (χ3v) is 8.05. The van der Waals surface area contributed by atoms with Crippen molar-refractivity contribution < 1.29 is 8.94 Å². The van der Waals surface area contributed by atoms with Gasteiger partial charge in [-0.25, -0.2) is 0 Å². The first-order valence-electron chi connectivity index (χ1n) is 12.4. The molecule has 36 heavy (non-hydrogen) atoms. The van der Waals surface area contributed by atoms with Gasteiger partial charge < -0.3 is 18.4 Å². The summed E-state index contributed by atoms with van der Waals surface area (Å²) in [6.45, 7) is 5.21. The molecule has 3 aromatic heterocycles. The lowest BCUT2D eigenvalue weighted by Gasteiger charge is -2.19. The van der Waals surface area contributed by atoms with Gasteiger partial charge in [0.15, 0.2) is 11.0 Å². The fourth-order valence-corrected chi connectivity index (χ4v) is 5.81. The topological polar surface area (TPSA) is 73.1 Å². The highest BCUT2D eigenvalue weighted by molar-refractivity contribution is 7.99. The zero-order valence-corrected chi connectivity index (χ0v) is 21.4. The quantitative estimate of drug-likeness (QED) is 0.208. The Labute approximate surface area is 214 Å². The van der Waals surface area contributed by atoms with E-state index in [9.17, 15) is 0 Å². The van der Waals surface area contributed by atoms with Crippen LogP contribution in [0.15, 0.2) is 68.9 Å². The Kier molecular flexibility index (Phi) is 6.37. The number of benzene rings is 2. The van der Waals surface area contributed by atoms with Crippen LogP contribution < -0.4 is 0 Å². The van der Waals surface area contributed by atoms with Gasteiger partial charge in [0.1, 0.15) is 17.0 Å². The molecule has 0 aliphatic carbocycles. The lowest BCUT2D eigenvalue weighted by Crippen LogP contribution is -2.27. The monoisotopic (exact) mass is 499 g/mol. The minimum absolute atomic E-state index is 0.844. The molecule has 0 fully saturated rings. The number of hydrogen-bond donors (Lipinski definition) is 0. The number of aryl methyl sites for hydroxylation is 1. The molecule has 0 unspecified atom stereocenters. The minimum Gasteiger partial charge on any atom is -0.464 e. The molecule has 0 amide bonds. The Morgan fingerprint density at radius 2 is 1.89 bits per heavy atom. The van der Waals surface area contributed by atoms with E-state index in [4.69, 9.17) is 8.94 Å². The first kappa shape index (κ1) is 23.1. The summed E-state index contributed by atoms with van der Waals surface area (Å²) < 4.78 is 12.9. The van der Waals surface area contributed by atoms with Crippen LogP contribution in [0.4, 0.5) is 0 Å². The maximum atomic E-state index is 5.55. The molecule has 1 aliphatic rings. The fourth-order valence-electron chi connectivity index (χ4n) is 4.97. The van der Waals surface area contributed by atoms with Crippen LogP contribution in [0.2, 0.25) is 0 Å². The van der Waals surface area contributed by atoms with Gasteiger partial charge in [-0.15, -0.1) is 10.2 Å². The SMILES string of the molecule is Cc1cc(-c2ccc3c(c2)CCN(CCCSc2nnc(-c4cccc5occc45)n2C)CC3)no1. The van der Waals surface area contributed by atoms with Gasteiger partial charge >= 0.3 is 0 Å². The molecule has 4 heterocycles. The number of nitrogens with zero attached hydrogens (tertiary/aromatic N) is 5. The van der Waals surface area contributed by atoms with E-state index in [1.165, 1.54) is 11.1 Å². The second kappa shape index (κ2) is 9.95. The van der Waals surface area contributed by atoms with E-state index in [1.807, 2.05) is 38.2 Å². The average Bonchev–Trinajstić information content (AvgIpc) is 3.60. The molecule has 6 rings (SSSR count). The number of furan rings is 1. The molecule has 0 atom stereocenters. The van der Waals surface area contributed by atoms with E-state index in [-0.39, 0.29) is 0 Å². The molecule has 0 saturated carbocycles. The van der Waals surface area contributed by atoms with E-state index in [2.05, 4.69) is 49.1 Å². The third kappa shape index (κ3) is 4.58. The van der Waals surface area contributed by atoms with Crippen LogP contribution >= 0.6 is 11.8 Å². The van der Waals surface area contributed by atoms with Crippen molar-refractivity contribution >= 4 is 22.7 Å². The second-order valence-corrected chi connectivity index (χ2v) is 10.4. The highest BCUT2D eigenvalue weighted by atomic mass is 32.2. The number of thioether (sulfide) groups is 1. The Balaban J connectivity index is 1.03. The van der Waals surface area contributed by atoms with Crippen molar-refractivity contribution in [3.63, 3.8) is 0 Å². The smallest absolute Gasteiger partial charge is 0.191 e. The van der Waals surface area contributed by atoms with Gasteiger partial charge in [-0.05, 0) is 62.1 Å². The van der Waals surface area contributed by atoms with Crippen molar-refractivity contribution in [2.45, 2.75) is 31.3 Å². The normalized spacial score (nSPS) is 14.3. The van der Waals surface area contributed by atoms with Crippen molar-refractivity contribution in [1.82, 2.24) is 24.8 Å². The van der Waals surface area contributed by atoms with Gasteiger partial charge in [-0.1, -0.05) is 41.2 Å². The number of rotatable bonds is 7. The zero-order chi connectivity index (χ0) is 24.5. The highest BCUT2D eigenvalue weighted by Gasteiger charge is 2.17. The summed E-state index contributed by atoms with van der Waals surface area (Å²) in [7, 11) is 2.04. The molecule has 0 radical (unpaired) electrons. The Morgan fingerprint density at radius 1 is 1.00 bits per heavy atom. The molecular formula is C28H29N5O2S. The predicted molar refractivity (Wildman–Crippen MR) is 142 cm³/mol. The Hall–Kier alpha value is -3.36. The molecule has 184 valence electrons. The highest BCUT2D eigenvalue weighted by Crippen LogP contribution is 2.30. The number of aromatic nitrogens is 4. The number of hydrogen-bond acceptors (Lipinski definition) is 7. The predicted octanol–water partition coefficient (Wildman–Crippen LogP) is 5.77. The van der Waals surface area contributed by atoms with E-state index >= 15 is 0 Å². The largest absolute Gasteiger partial charge is 0.464 e. The van der Waals surface area contributed by atoms with Crippen LogP contribution in [0.3, 0.4) is 0 Å². The second-order valence-electron chi connectivity index (χ2n) is 9.35. The Bertz CT molecular complexity index is 1500. The van der Waals surface area contributed by atoms with Gasteiger partial charge in [0.2, 0.25) is 0 Å². The minimum atomic E-state index is 0.844. The standard InChI is InChI=1S/C28H29N5O2S/c1-19-17-25(31-35-19)22-8-7-20-9-13-33(14-10-21(20)18-22)12-4-16-36-28-30-29-27(32(28)2)24-5-3-6-26-23(24)11-15-34-26/h3,5-8,11,15,17-18H,4,9-10,12-14,16H2,1-2H3. The van der Waals surface area contributed by atoms with Gasteiger partial charge in [-0.3, -0.25) is 0 Å². The van der Waals surface area contributed by atoms with Crippen LogP contribution in [0.1, 0.15) is 23.3 Å². The molecule has 7 nitrogen and oxygen atoms in total. The lowest BCUT2D eigenvalue weighted by molar-refractivity contribution is 0.289. The zero-order valence-electron chi connectivity index (χ0n) is 20.6. The summed E-state index contributed by atoms with van der Waals surface area (Å²) >= 11 is 1.78. The van der Waals surface area contributed by atoms with Gasteiger partial charge in [0.25, 0.3) is 0 Å². The average molecular weight is 500 g/mol. The lowest BCUT2D eigenvalue weighted by atomic mass is 9.99. The van der Waals surface area contributed by atoms with Crippen LogP contribution in [-0.2, 0) is 19.9 Å². The maximum Gasteiger partial charge on any atom is 0.191 e. The van der Waals surface area contributed by atoms with E-state index in [0.29, 0.717) is 0 Å². The first-order valence-corrected chi connectivity index (χ1v) is 13.4. The van der Waals surface area contributed by atoms with Crippen LogP contribution in [0.25, 0.3) is 33.6 Å². The number of fused-ring (bicyclic) bond motifs is 2. The fraction of sp³-hybridized carbons (Fsp3) is 0.321. The molecular weight excluding hydrogens is 470 g/mol. The van der Waals surface area contributed by atoms with Crippen LogP contribution in [-0.4, -0.2) is 50.2 Å². The Morgan fingerprint density at radius 3 is 2.75 bits per heavy atom. The van der Waals surface area contributed by atoms with Crippen molar-refractivity contribution in [2.24, 2.45) is 7.05 Å². The van der Waals surface area contributed by atoms with Gasteiger partial charge in [0, 0.05) is 48.5 Å². The molecule has 5 aromatic rings. The molecule has 8 heteroatoms. The summed E-state index contributed by atoms with van der Waals surface area (Å²) in [5.41, 5.74) is 6.87. The van der Waals surface area contributed by atoms with Gasteiger partial charge in [0.05, 0.1) is 6.26 Å². The van der Waals surface area contributed by atoms with Crippen LogP contribution in [0, 0.1) is 6.92 Å². The molecule has 0 bridgehead atoms. The molecule has 0 saturated heterocycles. The van der Waals surface area contributed by atoms with E-state index in [1.54, 1.807) is 18.0 Å². The molecule has 2 aromatic carbocycles. The summed E-state index contributed by atoms with van der Waals surface area (Å²) in [6, 6.07) is 16.8. The molecule has 0 spiro atoms. The maximum absolute atomic E-state index is 5.55. The van der Waals surface area contributed by atoms with Gasteiger partial charge in [-0.2, -0.15) is 0 Å². The first-order chi connectivity index (χ1) is 17.7. The summed E-state index contributed by atoms with van der Waals surface area (Å²) in [5, 5.41) is 15.1. The summed E-state index contributed by atoms with van der Waals surface area (Å²) in [4.78, 5) is 2.59. The summed E-state index contributed by atoms with van der Waals surface area (Å²) in [6.07, 6.45) is 4.99. The third-order valence-electron chi connectivity index (χ3n) is 6.95. The summed E-state index contributed by atoms with van der Waals surface area (Å²) in [5.74, 6) is 2.73. The van der Waals surface area contributed by atoms with E-state index in [0.717, 1.165) is 89.2 Å². The van der Waals surface area contributed by atoms with Crippen molar-refractivity contribution in [3.8, 4) is 22.6 Å². The van der Waals surface area contributed by atoms with Crippen molar-refractivity contribution in [1.29, 1.82) is 0 Å². The van der Waals surface area contributed by atoms with Crippen molar-refractivity contribution in [3.05, 3.63) is 71.7 Å². The molecule has 1 aliphatic heterocycles. The van der Waals surface area contributed by atoms with Crippen molar-refractivity contribution in [2.75, 3.05) is 25.4 Å². The van der Waals surface area contributed by atoms with E-state index < -0.39 is 0 Å². The van der Waals surface area contributed by atoms with Crippen LogP contribution in [0.5, 0.6) is 0 Å². The molecule has 0 N–H and O–H groups in total.